The maximum absolute atomic E-state index is 11.0. The van der Waals surface area contributed by atoms with Crippen LogP contribution in [-0.2, 0) is 5.41 Å². The molecule has 0 bridgehead atoms. The third-order valence-electron chi connectivity index (χ3n) is 5.11. The van der Waals surface area contributed by atoms with Crippen LogP contribution in [0.2, 0.25) is 0 Å². The topological polar surface area (TPSA) is 58.9 Å². The molecule has 0 spiro atoms. The molecule has 24 heavy (non-hydrogen) atoms. The van der Waals surface area contributed by atoms with Crippen molar-refractivity contribution in [2.24, 2.45) is 0 Å². The van der Waals surface area contributed by atoms with Crippen LogP contribution in [0.25, 0.3) is 0 Å². The van der Waals surface area contributed by atoms with Gasteiger partial charge in [-0.2, -0.15) is 0 Å². The predicted molar refractivity (Wildman–Crippen MR) is 92.9 cm³/mol. The Kier molecular flexibility index (Phi) is 4.67. The second-order valence-electron chi connectivity index (χ2n) is 6.32. The normalized spacial score (nSPS) is 23.7. The molecule has 0 heterocycles. The van der Waals surface area contributed by atoms with Gasteiger partial charge in [-0.15, -0.1) is 0 Å². The van der Waals surface area contributed by atoms with Crippen molar-refractivity contribution < 1.29 is 19.7 Å². The zero-order valence-electron chi connectivity index (χ0n) is 14.2. The highest BCUT2D eigenvalue weighted by Crippen LogP contribution is 2.52. The second-order valence-corrected chi connectivity index (χ2v) is 6.32. The van der Waals surface area contributed by atoms with E-state index >= 15 is 0 Å². The molecule has 128 valence electrons. The van der Waals surface area contributed by atoms with Gasteiger partial charge in [-0.1, -0.05) is 43.2 Å². The lowest BCUT2D eigenvalue weighted by Crippen LogP contribution is -2.43. The first-order valence-corrected chi connectivity index (χ1v) is 8.32. The van der Waals surface area contributed by atoms with Gasteiger partial charge in [0.2, 0.25) is 0 Å². The van der Waals surface area contributed by atoms with Crippen LogP contribution < -0.4 is 9.47 Å². The first-order chi connectivity index (χ1) is 11.6. The number of phenolic OH excluding ortho intramolecular Hbond substituents is 1. The highest BCUT2D eigenvalue weighted by molar-refractivity contribution is 5.58. The van der Waals surface area contributed by atoms with Gasteiger partial charge in [0, 0.05) is 17.7 Å². The van der Waals surface area contributed by atoms with E-state index in [4.69, 9.17) is 9.47 Å². The summed E-state index contributed by atoms with van der Waals surface area (Å²) < 4.78 is 10.8. The van der Waals surface area contributed by atoms with Crippen molar-refractivity contribution in [3.05, 3.63) is 53.6 Å². The minimum absolute atomic E-state index is 0.0935. The van der Waals surface area contributed by atoms with Gasteiger partial charge in [0.1, 0.15) is 17.2 Å². The SMILES string of the molecule is COc1cc(O)c([C@@]2(c3ccccc3)CCCC[C@H]2O)c(OC)c1. The van der Waals surface area contributed by atoms with E-state index in [1.807, 2.05) is 30.3 Å². The lowest BCUT2D eigenvalue weighted by atomic mass is 9.63. The number of methoxy groups -OCH3 is 2. The molecule has 0 radical (unpaired) electrons. The highest BCUT2D eigenvalue weighted by atomic mass is 16.5. The van der Waals surface area contributed by atoms with Gasteiger partial charge in [-0.25, -0.2) is 0 Å². The number of benzene rings is 2. The van der Waals surface area contributed by atoms with E-state index in [2.05, 4.69) is 0 Å². The summed E-state index contributed by atoms with van der Waals surface area (Å²) in [5, 5.41) is 21.8. The third-order valence-corrected chi connectivity index (χ3v) is 5.11. The molecular weight excluding hydrogens is 304 g/mol. The molecule has 2 atom stereocenters. The van der Waals surface area contributed by atoms with Crippen molar-refractivity contribution in [2.45, 2.75) is 37.2 Å². The zero-order valence-corrected chi connectivity index (χ0v) is 14.2. The number of ether oxygens (including phenoxy) is 2. The van der Waals surface area contributed by atoms with E-state index in [0.717, 1.165) is 24.8 Å². The Morgan fingerprint density at radius 2 is 1.79 bits per heavy atom. The number of rotatable bonds is 4. The molecule has 1 aliphatic carbocycles. The number of hydrogen-bond donors (Lipinski definition) is 2. The van der Waals surface area contributed by atoms with Gasteiger partial charge in [0.15, 0.2) is 0 Å². The molecule has 2 aromatic carbocycles. The second kappa shape index (κ2) is 6.73. The molecule has 4 nitrogen and oxygen atoms in total. The number of phenols is 1. The van der Waals surface area contributed by atoms with Gasteiger partial charge >= 0.3 is 0 Å². The standard InChI is InChI=1S/C20H24O4/c1-23-15-12-16(21)19(17(13-15)24-2)20(11-7-6-10-18(20)22)14-8-4-3-5-9-14/h3-5,8-9,12-13,18,21-22H,6-7,10-11H2,1-2H3/t18-,20-/m1/s1. The first kappa shape index (κ1) is 16.7. The van der Waals surface area contributed by atoms with Crippen molar-refractivity contribution in [3.8, 4) is 17.2 Å². The summed E-state index contributed by atoms with van der Waals surface area (Å²) in [5.41, 5.74) is 0.960. The number of hydrogen-bond acceptors (Lipinski definition) is 4. The molecule has 2 N–H and O–H groups in total. The van der Waals surface area contributed by atoms with Crippen LogP contribution in [0.4, 0.5) is 0 Å². The average molecular weight is 328 g/mol. The van der Waals surface area contributed by atoms with E-state index in [1.165, 1.54) is 0 Å². The first-order valence-electron chi connectivity index (χ1n) is 8.32. The highest BCUT2D eigenvalue weighted by Gasteiger charge is 2.46. The van der Waals surface area contributed by atoms with Gasteiger partial charge in [-0.3, -0.25) is 0 Å². The molecule has 1 fully saturated rings. The minimum Gasteiger partial charge on any atom is -0.507 e. The maximum atomic E-state index is 11.0. The number of aliphatic hydroxyl groups excluding tert-OH is 1. The van der Waals surface area contributed by atoms with Crippen molar-refractivity contribution in [1.82, 2.24) is 0 Å². The Balaban J connectivity index is 2.28. The molecule has 0 saturated heterocycles. The fourth-order valence-electron chi connectivity index (χ4n) is 3.97. The van der Waals surface area contributed by atoms with Crippen LogP contribution in [0.1, 0.15) is 36.8 Å². The van der Waals surface area contributed by atoms with Crippen LogP contribution in [0, 0.1) is 0 Å². The van der Waals surface area contributed by atoms with Gasteiger partial charge < -0.3 is 19.7 Å². The fraction of sp³-hybridized carbons (Fsp3) is 0.400. The summed E-state index contributed by atoms with van der Waals surface area (Å²) in [6, 6.07) is 13.3. The van der Waals surface area contributed by atoms with E-state index in [0.29, 0.717) is 23.5 Å². The fourth-order valence-corrected chi connectivity index (χ4v) is 3.97. The van der Waals surface area contributed by atoms with Crippen molar-refractivity contribution in [1.29, 1.82) is 0 Å². The van der Waals surface area contributed by atoms with Crippen LogP contribution in [0.3, 0.4) is 0 Å². The summed E-state index contributed by atoms with van der Waals surface area (Å²) >= 11 is 0. The summed E-state index contributed by atoms with van der Waals surface area (Å²) in [6.45, 7) is 0. The Bertz CT molecular complexity index is 698. The summed E-state index contributed by atoms with van der Waals surface area (Å²) in [5.74, 6) is 1.16. The van der Waals surface area contributed by atoms with Crippen molar-refractivity contribution >= 4 is 0 Å². The molecule has 2 aromatic rings. The molecule has 4 heteroatoms. The Morgan fingerprint density at radius 3 is 2.42 bits per heavy atom. The number of aromatic hydroxyl groups is 1. The smallest absolute Gasteiger partial charge is 0.130 e. The minimum atomic E-state index is -0.679. The van der Waals surface area contributed by atoms with Crippen molar-refractivity contribution in [2.75, 3.05) is 14.2 Å². The van der Waals surface area contributed by atoms with E-state index < -0.39 is 11.5 Å². The predicted octanol–water partition coefficient (Wildman–Crippen LogP) is 3.63. The summed E-state index contributed by atoms with van der Waals surface area (Å²) in [7, 11) is 3.13. The molecule has 0 amide bonds. The van der Waals surface area contributed by atoms with Gasteiger partial charge in [0.25, 0.3) is 0 Å². The summed E-state index contributed by atoms with van der Waals surface area (Å²) in [6.07, 6.45) is 2.84. The quantitative estimate of drug-likeness (QED) is 0.900. The monoisotopic (exact) mass is 328 g/mol. The van der Waals surface area contributed by atoms with E-state index in [9.17, 15) is 10.2 Å². The maximum Gasteiger partial charge on any atom is 0.130 e. The third kappa shape index (κ3) is 2.61. The molecule has 3 rings (SSSR count). The van der Waals surface area contributed by atoms with E-state index in [1.54, 1.807) is 26.4 Å². The Labute approximate surface area is 142 Å². The molecule has 1 saturated carbocycles. The van der Waals surface area contributed by atoms with Gasteiger partial charge in [-0.05, 0) is 18.4 Å². The number of aliphatic hydroxyl groups is 1. The lowest BCUT2D eigenvalue weighted by Gasteiger charge is -2.43. The van der Waals surface area contributed by atoms with Crippen LogP contribution in [-0.4, -0.2) is 30.5 Å². The largest absolute Gasteiger partial charge is 0.507 e. The lowest BCUT2D eigenvalue weighted by molar-refractivity contribution is 0.0610. The zero-order chi connectivity index (χ0) is 17.2. The van der Waals surface area contributed by atoms with Crippen molar-refractivity contribution in [3.63, 3.8) is 0 Å². The summed E-state index contributed by atoms with van der Waals surface area (Å²) in [4.78, 5) is 0. The van der Waals surface area contributed by atoms with Gasteiger partial charge in [0.05, 0.1) is 25.7 Å². The Morgan fingerprint density at radius 1 is 1.04 bits per heavy atom. The van der Waals surface area contributed by atoms with E-state index in [-0.39, 0.29) is 5.75 Å². The molecular formula is C20H24O4. The molecule has 0 unspecified atom stereocenters. The average Bonchev–Trinajstić information content (AvgIpc) is 2.62. The molecule has 0 aliphatic heterocycles. The Hall–Kier alpha value is -2.20. The molecule has 1 aliphatic rings. The van der Waals surface area contributed by atoms with Crippen LogP contribution in [0.15, 0.2) is 42.5 Å². The van der Waals surface area contributed by atoms with Crippen LogP contribution in [0.5, 0.6) is 17.2 Å². The molecule has 0 aromatic heterocycles. The van der Waals surface area contributed by atoms with Crippen LogP contribution >= 0.6 is 0 Å².